The molecule has 2 atom stereocenters. The van der Waals surface area contributed by atoms with Crippen LogP contribution in [-0.2, 0) is 4.79 Å². The minimum Gasteiger partial charge on any atom is -0.382 e. The van der Waals surface area contributed by atoms with E-state index in [-0.39, 0.29) is 0 Å². The Balaban J connectivity index is 3.82. The first-order valence-corrected chi connectivity index (χ1v) is 3.68. The number of carbonyl (C=O) groups excluding carboxylic acids is 1. The molecule has 0 radical (unpaired) electrons. The van der Waals surface area contributed by atoms with E-state index in [0.29, 0.717) is 12.3 Å². The van der Waals surface area contributed by atoms with Gasteiger partial charge in [-0.1, -0.05) is 13.8 Å². The second kappa shape index (κ2) is 4.31. The Kier molecular flexibility index (Phi) is 4.07. The van der Waals surface area contributed by atoms with E-state index in [0.717, 1.165) is 0 Å². The lowest BCUT2D eigenvalue weighted by Crippen LogP contribution is -2.44. The third-order valence-electron chi connectivity index (χ3n) is 1.44. The lowest BCUT2D eigenvalue weighted by Gasteiger charge is -2.17. The van der Waals surface area contributed by atoms with E-state index in [9.17, 15) is 4.79 Å². The van der Waals surface area contributed by atoms with Gasteiger partial charge in [-0.3, -0.25) is 4.79 Å². The number of nitrogens with two attached hydrogens (primary N) is 2. The molecule has 0 aromatic heterocycles. The van der Waals surface area contributed by atoms with Crippen LogP contribution >= 0.6 is 0 Å². The molecule has 0 aromatic rings. The van der Waals surface area contributed by atoms with Crippen LogP contribution in [0, 0.1) is 5.92 Å². The fraction of sp³-hybridized carbons (Fsp3) is 0.857. The zero-order valence-corrected chi connectivity index (χ0v) is 6.95. The van der Waals surface area contributed by atoms with Gasteiger partial charge in [-0.05, 0) is 12.3 Å². The van der Waals surface area contributed by atoms with Crippen molar-refractivity contribution in [2.75, 3.05) is 0 Å². The summed E-state index contributed by atoms with van der Waals surface area (Å²) in [5, 5.41) is 9.04. The van der Waals surface area contributed by atoms with E-state index < -0.39 is 18.1 Å². The zero-order valence-electron chi connectivity index (χ0n) is 6.95. The third-order valence-corrected chi connectivity index (χ3v) is 1.44. The van der Waals surface area contributed by atoms with Crippen LogP contribution in [0.5, 0.6) is 0 Å². The van der Waals surface area contributed by atoms with E-state index >= 15 is 0 Å². The Bertz CT molecular complexity index is 136. The molecule has 0 bridgehead atoms. The van der Waals surface area contributed by atoms with Crippen molar-refractivity contribution < 1.29 is 9.90 Å². The van der Waals surface area contributed by atoms with Gasteiger partial charge in [0.15, 0.2) is 0 Å². The van der Waals surface area contributed by atoms with Gasteiger partial charge < -0.3 is 16.6 Å². The first kappa shape index (κ1) is 10.4. The second-order valence-corrected chi connectivity index (χ2v) is 3.14. The first-order chi connectivity index (χ1) is 4.95. The number of hydrogen-bond acceptors (Lipinski definition) is 3. The number of aliphatic hydroxyl groups is 1. The predicted molar refractivity (Wildman–Crippen MR) is 42.6 cm³/mol. The highest BCUT2D eigenvalue weighted by Gasteiger charge is 2.20. The predicted octanol–water partition coefficient (Wildman–Crippen LogP) is -0.794. The lowest BCUT2D eigenvalue weighted by atomic mass is 10.00. The van der Waals surface area contributed by atoms with Crippen molar-refractivity contribution in [3.8, 4) is 0 Å². The lowest BCUT2D eigenvalue weighted by molar-refractivity contribution is -0.127. The van der Waals surface area contributed by atoms with Gasteiger partial charge in [0, 0.05) is 6.04 Å². The number of primary amides is 1. The summed E-state index contributed by atoms with van der Waals surface area (Å²) in [4.78, 5) is 10.4. The number of carbonyl (C=O) groups is 1. The fourth-order valence-electron chi connectivity index (χ4n) is 0.884. The Morgan fingerprint density at radius 2 is 2.00 bits per heavy atom. The van der Waals surface area contributed by atoms with Crippen LogP contribution < -0.4 is 11.5 Å². The van der Waals surface area contributed by atoms with Crippen LogP contribution in [-0.4, -0.2) is 23.2 Å². The SMILES string of the molecule is CC(C)CC(N)C(O)C(N)=O. The van der Waals surface area contributed by atoms with Crippen molar-refractivity contribution >= 4 is 5.91 Å². The molecule has 0 aliphatic rings. The van der Waals surface area contributed by atoms with Gasteiger partial charge in [-0.15, -0.1) is 0 Å². The average Bonchev–Trinajstić information content (AvgIpc) is 1.84. The van der Waals surface area contributed by atoms with Gasteiger partial charge in [0.05, 0.1) is 0 Å². The van der Waals surface area contributed by atoms with Crippen LogP contribution in [0.25, 0.3) is 0 Å². The molecule has 0 aromatic carbocycles. The summed E-state index contributed by atoms with van der Waals surface area (Å²) in [5.41, 5.74) is 10.3. The summed E-state index contributed by atoms with van der Waals surface area (Å²) < 4.78 is 0. The van der Waals surface area contributed by atoms with Gasteiger partial charge in [0.25, 0.3) is 0 Å². The topological polar surface area (TPSA) is 89.3 Å². The molecule has 4 heteroatoms. The summed E-state index contributed by atoms with van der Waals surface area (Å²) in [7, 11) is 0. The Morgan fingerprint density at radius 3 is 2.27 bits per heavy atom. The van der Waals surface area contributed by atoms with E-state index in [1.54, 1.807) is 0 Å². The highest BCUT2D eigenvalue weighted by atomic mass is 16.3. The molecule has 0 saturated heterocycles. The molecule has 11 heavy (non-hydrogen) atoms. The summed E-state index contributed by atoms with van der Waals surface area (Å²) >= 11 is 0. The summed E-state index contributed by atoms with van der Waals surface area (Å²) in [5.74, 6) is -0.392. The van der Waals surface area contributed by atoms with Gasteiger partial charge in [-0.2, -0.15) is 0 Å². The molecule has 1 amide bonds. The van der Waals surface area contributed by atoms with Gasteiger partial charge in [0.2, 0.25) is 5.91 Å². The van der Waals surface area contributed by atoms with Crippen molar-refractivity contribution in [1.29, 1.82) is 0 Å². The van der Waals surface area contributed by atoms with Crippen LogP contribution in [0.15, 0.2) is 0 Å². The Hall–Kier alpha value is -0.610. The maximum Gasteiger partial charge on any atom is 0.247 e. The van der Waals surface area contributed by atoms with E-state index in [1.807, 2.05) is 13.8 Å². The second-order valence-electron chi connectivity index (χ2n) is 3.14. The van der Waals surface area contributed by atoms with E-state index in [4.69, 9.17) is 16.6 Å². The quantitative estimate of drug-likeness (QED) is 0.503. The summed E-state index contributed by atoms with van der Waals surface area (Å²) in [6, 6.07) is -0.535. The van der Waals surface area contributed by atoms with E-state index in [1.165, 1.54) is 0 Å². The molecule has 4 nitrogen and oxygen atoms in total. The smallest absolute Gasteiger partial charge is 0.247 e. The average molecular weight is 160 g/mol. The molecule has 0 rings (SSSR count). The van der Waals surface area contributed by atoms with Crippen molar-refractivity contribution in [3.63, 3.8) is 0 Å². The monoisotopic (exact) mass is 160 g/mol. The standard InChI is InChI=1S/C7H16N2O2/c1-4(2)3-5(8)6(10)7(9)11/h4-6,10H,3,8H2,1-2H3,(H2,9,11). The molecule has 0 aliphatic carbocycles. The zero-order chi connectivity index (χ0) is 9.02. The minimum atomic E-state index is -1.21. The molecule has 5 N–H and O–H groups in total. The Labute approximate surface area is 66.6 Å². The summed E-state index contributed by atoms with van der Waals surface area (Å²) in [6.45, 7) is 3.93. The third kappa shape index (κ3) is 3.95. The van der Waals surface area contributed by atoms with Crippen LogP contribution in [0.4, 0.5) is 0 Å². The minimum absolute atomic E-state index is 0.360. The van der Waals surface area contributed by atoms with Gasteiger partial charge >= 0.3 is 0 Å². The van der Waals surface area contributed by atoms with Crippen molar-refractivity contribution in [2.45, 2.75) is 32.4 Å². The molecule has 0 saturated carbocycles. The van der Waals surface area contributed by atoms with E-state index in [2.05, 4.69) is 0 Å². The maximum absolute atomic E-state index is 10.4. The van der Waals surface area contributed by atoms with Crippen molar-refractivity contribution in [1.82, 2.24) is 0 Å². The van der Waals surface area contributed by atoms with Crippen LogP contribution in [0.1, 0.15) is 20.3 Å². The maximum atomic E-state index is 10.4. The van der Waals surface area contributed by atoms with Crippen molar-refractivity contribution in [2.24, 2.45) is 17.4 Å². The largest absolute Gasteiger partial charge is 0.382 e. The van der Waals surface area contributed by atoms with Crippen molar-refractivity contribution in [3.05, 3.63) is 0 Å². The summed E-state index contributed by atoms with van der Waals surface area (Å²) in [6.07, 6.45) is -0.609. The molecule has 0 fully saturated rings. The molecule has 66 valence electrons. The molecular formula is C7H16N2O2. The highest BCUT2D eigenvalue weighted by Crippen LogP contribution is 2.05. The molecule has 0 aliphatic heterocycles. The van der Waals surface area contributed by atoms with Crippen LogP contribution in [0.2, 0.25) is 0 Å². The molecular weight excluding hydrogens is 144 g/mol. The highest BCUT2D eigenvalue weighted by molar-refractivity contribution is 5.79. The molecule has 0 heterocycles. The first-order valence-electron chi connectivity index (χ1n) is 3.68. The van der Waals surface area contributed by atoms with Gasteiger partial charge in [0.1, 0.15) is 6.10 Å². The normalized spacial score (nSPS) is 16.5. The number of rotatable bonds is 4. The number of amides is 1. The van der Waals surface area contributed by atoms with Gasteiger partial charge in [-0.25, -0.2) is 0 Å². The van der Waals surface area contributed by atoms with Crippen LogP contribution in [0.3, 0.4) is 0 Å². The fourth-order valence-corrected chi connectivity index (χ4v) is 0.884. The molecule has 2 unspecified atom stereocenters. The Morgan fingerprint density at radius 1 is 1.55 bits per heavy atom. The number of aliphatic hydroxyl groups excluding tert-OH is 1. The number of hydrogen-bond donors (Lipinski definition) is 3. The molecule has 0 spiro atoms.